The Hall–Kier alpha value is -2.30. The van der Waals surface area contributed by atoms with Crippen LogP contribution in [0.3, 0.4) is 0 Å². The number of unbranched alkanes of at least 4 members (excludes halogenated alkanes) is 1. The molecule has 0 saturated carbocycles. The van der Waals surface area contributed by atoms with Crippen LogP contribution in [0.15, 0.2) is 36.4 Å². The molecule has 22 heavy (non-hydrogen) atoms. The highest BCUT2D eigenvalue weighted by Gasteiger charge is 2.08. The molecule has 0 saturated heterocycles. The average molecular weight is 305 g/mol. The van der Waals surface area contributed by atoms with Crippen molar-refractivity contribution in [2.24, 2.45) is 0 Å². The SMILES string of the molecule is C/C=C/COC(=O)CNC(=O)c1ccc(OCCCC)cc1. The maximum atomic E-state index is 11.9. The number of carbonyl (C=O) groups excluding carboxylic acids is 2. The molecule has 0 spiro atoms. The first-order valence-electron chi connectivity index (χ1n) is 7.45. The molecule has 0 bridgehead atoms. The lowest BCUT2D eigenvalue weighted by Crippen LogP contribution is -2.30. The van der Waals surface area contributed by atoms with Crippen LogP contribution in [-0.4, -0.2) is 31.6 Å². The van der Waals surface area contributed by atoms with Crippen LogP contribution in [0.25, 0.3) is 0 Å². The van der Waals surface area contributed by atoms with Crippen LogP contribution >= 0.6 is 0 Å². The Morgan fingerprint density at radius 3 is 2.59 bits per heavy atom. The van der Waals surface area contributed by atoms with Gasteiger partial charge in [-0.1, -0.05) is 25.5 Å². The fourth-order valence-corrected chi connectivity index (χ4v) is 1.58. The number of ether oxygens (including phenoxy) is 2. The fourth-order valence-electron chi connectivity index (χ4n) is 1.58. The van der Waals surface area contributed by atoms with Crippen molar-refractivity contribution >= 4 is 11.9 Å². The van der Waals surface area contributed by atoms with Crippen molar-refractivity contribution in [1.29, 1.82) is 0 Å². The Morgan fingerprint density at radius 2 is 1.95 bits per heavy atom. The first-order valence-corrected chi connectivity index (χ1v) is 7.45. The molecule has 1 N–H and O–H groups in total. The Balaban J connectivity index is 2.37. The van der Waals surface area contributed by atoms with Gasteiger partial charge in [-0.05, 0) is 37.6 Å². The molecular weight excluding hydrogens is 282 g/mol. The summed E-state index contributed by atoms with van der Waals surface area (Å²) in [5.41, 5.74) is 0.476. The molecule has 1 aromatic carbocycles. The summed E-state index contributed by atoms with van der Waals surface area (Å²) in [7, 11) is 0. The summed E-state index contributed by atoms with van der Waals surface area (Å²) in [4.78, 5) is 23.2. The Bertz CT molecular complexity index is 494. The van der Waals surface area contributed by atoms with Crippen molar-refractivity contribution < 1.29 is 19.1 Å². The molecule has 0 aliphatic carbocycles. The smallest absolute Gasteiger partial charge is 0.325 e. The second kappa shape index (κ2) is 10.4. The van der Waals surface area contributed by atoms with Crippen molar-refractivity contribution in [2.45, 2.75) is 26.7 Å². The zero-order valence-corrected chi connectivity index (χ0v) is 13.1. The van der Waals surface area contributed by atoms with Gasteiger partial charge in [0.2, 0.25) is 0 Å². The van der Waals surface area contributed by atoms with Gasteiger partial charge in [-0.2, -0.15) is 0 Å². The van der Waals surface area contributed by atoms with E-state index in [1.165, 1.54) is 0 Å². The number of esters is 1. The minimum absolute atomic E-state index is 0.148. The highest BCUT2D eigenvalue weighted by molar-refractivity contribution is 5.96. The molecule has 0 heterocycles. The number of allylic oxidation sites excluding steroid dienone is 1. The summed E-state index contributed by atoms with van der Waals surface area (Å²) in [6.45, 7) is 4.67. The average Bonchev–Trinajstić information content (AvgIpc) is 2.54. The summed E-state index contributed by atoms with van der Waals surface area (Å²) in [6.07, 6.45) is 5.58. The number of nitrogens with one attached hydrogen (secondary N) is 1. The molecule has 0 aliphatic heterocycles. The monoisotopic (exact) mass is 305 g/mol. The van der Waals surface area contributed by atoms with Gasteiger partial charge < -0.3 is 14.8 Å². The van der Waals surface area contributed by atoms with E-state index >= 15 is 0 Å². The predicted molar refractivity (Wildman–Crippen MR) is 85.0 cm³/mol. The van der Waals surface area contributed by atoms with Gasteiger partial charge in [0.15, 0.2) is 0 Å². The van der Waals surface area contributed by atoms with Gasteiger partial charge >= 0.3 is 5.97 Å². The topological polar surface area (TPSA) is 64.6 Å². The predicted octanol–water partition coefficient (Wildman–Crippen LogP) is 2.71. The lowest BCUT2D eigenvalue weighted by Gasteiger charge is -2.07. The Morgan fingerprint density at radius 1 is 1.23 bits per heavy atom. The molecule has 0 aromatic heterocycles. The number of benzene rings is 1. The summed E-state index contributed by atoms with van der Waals surface area (Å²) in [5, 5.41) is 2.52. The Kier molecular flexibility index (Phi) is 8.42. The van der Waals surface area contributed by atoms with Gasteiger partial charge in [0, 0.05) is 5.56 Å². The van der Waals surface area contributed by atoms with E-state index in [0.29, 0.717) is 12.2 Å². The standard InChI is InChI=1S/C17H23NO4/c1-3-5-11-21-15-9-7-14(8-10-15)17(20)18-13-16(19)22-12-6-4-2/h4,6-10H,3,5,11-13H2,1-2H3,(H,18,20)/b6-4+. The molecule has 0 atom stereocenters. The quantitative estimate of drug-likeness (QED) is 0.433. The molecule has 1 rings (SSSR count). The maximum absolute atomic E-state index is 11.9. The molecule has 1 amide bonds. The second-order valence-electron chi connectivity index (χ2n) is 4.66. The minimum Gasteiger partial charge on any atom is -0.494 e. The van der Waals surface area contributed by atoms with Gasteiger partial charge in [0.05, 0.1) is 6.61 Å². The van der Waals surface area contributed by atoms with Crippen LogP contribution in [0.4, 0.5) is 0 Å². The molecule has 1 aromatic rings. The van der Waals surface area contributed by atoms with E-state index in [2.05, 4.69) is 12.2 Å². The molecule has 0 aliphatic rings. The van der Waals surface area contributed by atoms with E-state index in [-0.39, 0.29) is 19.1 Å². The van der Waals surface area contributed by atoms with E-state index < -0.39 is 5.97 Å². The molecule has 5 nitrogen and oxygen atoms in total. The lowest BCUT2D eigenvalue weighted by atomic mass is 10.2. The van der Waals surface area contributed by atoms with Crippen LogP contribution in [0.5, 0.6) is 5.75 Å². The van der Waals surface area contributed by atoms with Crippen LogP contribution < -0.4 is 10.1 Å². The third-order valence-corrected chi connectivity index (χ3v) is 2.85. The minimum atomic E-state index is -0.467. The van der Waals surface area contributed by atoms with E-state index in [1.807, 2.05) is 6.92 Å². The second-order valence-corrected chi connectivity index (χ2v) is 4.66. The fraction of sp³-hybridized carbons (Fsp3) is 0.412. The zero-order valence-electron chi connectivity index (χ0n) is 13.1. The summed E-state index contributed by atoms with van der Waals surface area (Å²) in [5.74, 6) is -0.0511. The van der Waals surface area contributed by atoms with Crippen LogP contribution in [0.2, 0.25) is 0 Å². The van der Waals surface area contributed by atoms with Crippen LogP contribution in [0, 0.1) is 0 Å². The maximum Gasteiger partial charge on any atom is 0.325 e. The van der Waals surface area contributed by atoms with Crippen molar-refractivity contribution in [3.63, 3.8) is 0 Å². The van der Waals surface area contributed by atoms with Crippen LogP contribution in [0.1, 0.15) is 37.0 Å². The first-order chi connectivity index (χ1) is 10.7. The molecule has 0 unspecified atom stereocenters. The van der Waals surface area contributed by atoms with Gasteiger partial charge in [0.25, 0.3) is 5.91 Å². The summed E-state index contributed by atoms with van der Waals surface area (Å²) >= 11 is 0. The molecule has 120 valence electrons. The van der Waals surface area contributed by atoms with Gasteiger partial charge in [0.1, 0.15) is 18.9 Å². The number of hydrogen-bond acceptors (Lipinski definition) is 4. The van der Waals surface area contributed by atoms with Gasteiger partial charge in [-0.15, -0.1) is 0 Å². The first kappa shape index (κ1) is 17.8. The normalized spacial score (nSPS) is 10.5. The third kappa shape index (κ3) is 6.92. The highest BCUT2D eigenvalue weighted by Crippen LogP contribution is 2.12. The van der Waals surface area contributed by atoms with Gasteiger partial charge in [-0.3, -0.25) is 9.59 Å². The van der Waals surface area contributed by atoms with Crippen molar-refractivity contribution in [3.8, 4) is 5.75 Å². The summed E-state index contributed by atoms with van der Waals surface area (Å²) in [6, 6.07) is 6.83. The highest BCUT2D eigenvalue weighted by atomic mass is 16.5. The molecule has 0 fully saturated rings. The van der Waals surface area contributed by atoms with Crippen molar-refractivity contribution in [3.05, 3.63) is 42.0 Å². The molecular formula is C17H23NO4. The number of carbonyl (C=O) groups is 2. The van der Waals surface area contributed by atoms with E-state index in [1.54, 1.807) is 36.4 Å². The van der Waals surface area contributed by atoms with E-state index in [9.17, 15) is 9.59 Å². The number of amides is 1. The van der Waals surface area contributed by atoms with Crippen molar-refractivity contribution in [2.75, 3.05) is 19.8 Å². The van der Waals surface area contributed by atoms with Gasteiger partial charge in [-0.25, -0.2) is 0 Å². The van der Waals surface area contributed by atoms with E-state index in [4.69, 9.17) is 9.47 Å². The number of rotatable bonds is 9. The third-order valence-electron chi connectivity index (χ3n) is 2.85. The van der Waals surface area contributed by atoms with Crippen molar-refractivity contribution in [1.82, 2.24) is 5.32 Å². The molecule has 0 radical (unpaired) electrons. The lowest BCUT2D eigenvalue weighted by molar-refractivity contribution is -0.141. The van der Waals surface area contributed by atoms with Crippen LogP contribution in [-0.2, 0) is 9.53 Å². The zero-order chi connectivity index (χ0) is 16.2. The number of hydrogen-bond donors (Lipinski definition) is 1. The Labute approximate surface area is 131 Å². The summed E-state index contributed by atoms with van der Waals surface area (Å²) < 4.78 is 10.4. The largest absolute Gasteiger partial charge is 0.494 e. The molecule has 5 heteroatoms. The van der Waals surface area contributed by atoms with E-state index in [0.717, 1.165) is 18.6 Å².